The molecule has 1 aromatic carbocycles. The maximum Gasteiger partial charge on any atom is 0.257 e. The summed E-state index contributed by atoms with van der Waals surface area (Å²) in [6, 6.07) is 8.64. The van der Waals surface area contributed by atoms with Crippen LogP contribution >= 0.6 is 0 Å². The molecular weight excluding hydrogens is 364 g/mol. The van der Waals surface area contributed by atoms with Crippen molar-refractivity contribution in [1.29, 1.82) is 0 Å². The lowest BCUT2D eigenvalue weighted by Crippen LogP contribution is -2.43. The van der Waals surface area contributed by atoms with Gasteiger partial charge < -0.3 is 9.64 Å². The van der Waals surface area contributed by atoms with Crippen molar-refractivity contribution in [3.8, 4) is 0 Å². The number of nitrogens with zero attached hydrogens (tertiary/aromatic N) is 3. The van der Waals surface area contributed by atoms with E-state index in [2.05, 4.69) is 46.3 Å². The molecule has 1 N–H and O–H groups in total. The van der Waals surface area contributed by atoms with E-state index >= 15 is 0 Å². The van der Waals surface area contributed by atoms with Crippen molar-refractivity contribution in [3.63, 3.8) is 0 Å². The third-order valence-corrected chi connectivity index (χ3v) is 6.32. The lowest BCUT2D eigenvalue weighted by molar-refractivity contribution is 0.0444. The van der Waals surface area contributed by atoms with Gasteiger partial charge in [-0.1, -0.05) is 24.3 Å². The SMILES string of the molecule is Cc1ccccc1CN1CCC(CN(C[C@@H]2CCCO2)C(=O)c2cn[nH]c2)CC1. The molecule has 0 spiro atoms. The number of amides is 1. The minimum atomic E-state index is 0.0663. The van der Waals surface area contributed by atoms with Crippen LogP contribution in [0.15, 0.2) is 36.7 Å². The van der Waals surface area contributed by atoms with Crippen LogP contribution in [0.3, 0.4) is 0 Å². The molecule has 2 aromatic rings. The Morgan fingerprint density at radius 3 is 2.76 bits per heavy atom. The van der Waals surface area contributed by atoms with Gasteiger partial charge in [0.15, 0.2) is 0 Å². The number of hydrogen-bond acceptors (Lipinski definition) is 4. The van der Waals surface area contributed by atoms with E-state index in [0.29, 0.717) is 18.0 Å². The van der Waals surface area contributed by atoms with Gasteiger partial charge in [-0.3, -0.25) is 14.8 Å². The molecule has 0 radical (unpaired) electrons. The van der Waals surface area contributed by atoms with Crippen molar-refractivity contribution < 1.29 is 9.53 Å². The number of rotatable bonds is 7. The monoisotopic (exact) mass is 396 g/mol. The van der Waals surface area contributed by atoms with E-state index in [9.17, 15) is 4.79 Å². The van der Waals surface area contributed by atoms with E-state index in [4.69, 9.17) is 4.74 Å². The van der Waals surface area contributed by atoms with Crippen molar-refractivity contribution >= 4 is 5.91 Å². The summed E-state index contributed by atoms with van der Waals surface area (Å²) in [4.78, 5) is 17.6. The van der Waals surface area contributed by atoms with Crippen LogP contribution in [0.25, 0.3) is 0 Å². The van der Waals surface area contributed by atoms with Crippen LogP contribution in [-0.4, -0.2) is 64.8 Å². The molecule has 1 atom stereocenters. The molecule has 2 fully saturated rings. The van der Waals surface area contributed by atoms with Crippen LogP contribution in [-0.2, 0) is 11.3 Å². The summed E-state index contributed by atoms with van der Waals surface area (Å²) in [6.45, 7) is 7.70. The maximum absolute atomic E-state index is 13.0. The minimum absolute atomic E-state index is 0.0663. The van der Waals surface area contributed by atoms with Crippen LogP contribution in [0.4, 0.5) is 0 Å². The minimum Gasteiger partial charge on any atom is -0.376 e. The topological polar surface area (TPSA) is 61.5 Å². The molecule has 0 bridgehead atoms. The zero-order chi connectivity index (χ0) is 20.1. The van der Waals surface area contributed by atoms with E-state index in [1.807, 2.05) is 4.90 Å². The second-order valence-electron chi connectivity index (χ2n) is 8.48. The fraction of sp³-hybridized carbons (Fsp3) is 0.565. The van der Waals surface area contributed by atoms with Gasteiger partial charge in [-0.15, -0.1) is 0 Å². The summed E-state index contributed by atoms with van der Waals surface area (Å²) < 4.78 is 5.81. The third-order valence-electron chi connectivity index (χ3n) is 6.32. The van der Waals surface area contributed by atoms with Gasteiger partial charge in [-0.25, -0.2) is 0 Å². The zero-order valence-electron chi connectivity index (χ0n) is 17.3. The van der Waals surface area contributed by atoms with Crippen LogP contribution in [0.5, 0.6) is 0 Å². The number of aromatic amines is 1. The quantitative estimate of drug-likeness (QED) is 0.780. The number of benzene rings is 1. The average Bonchev–Trinajstić information content (AvgIpc) is 3.44. The number of hydrogen-bond donors (Lipinski definition) is 1. The van der Waals surface area contributed by atoms with Crippen molar-refractivity contribution in [2.24, 2.45) is 5.92 Å². The van der Waals surface area contributed by atoms with Gasteiger partial charge in [0, 0.05) is 32.4 Å². The molecular formula is C23H32N4O2. The summed E-state index contributed by atoms with van der Waals surface area (Å²) >= 11 is 0. The molecule has 0 aliphatic carbocycles. The van der Waals surface area contributed by atoms with Gasteiger partial charge >= 0.3 is 0 Å². The molecule has 2 aliphatic heterocycles. The van der Waals surface area contributed by atoms with E-state index in [1.54, 1.807) is 12.4 Å². The fourth-order valence-corrected chi connectivity index (χ4v) is 4.49. The first-order chi connectivity index (χ1) is 14.2. The number of H-pyrrole nitrogens is 1. The molecule has 3 heterocycles. The zero-order valence-corrected chi connectivity index (χ0v) is 17.3. The Morgan fingerprint density at radius 1 is 1.24 bits per heavy atom. The molecule has 1 amide bonds. The van der Waals surface area contributed by atoms with Gasteiger partial charge in [0.05, 0.1) is 17.9 Å². The molecule has 2 saturated heterocycles. The summed E-state index contributed by atoms with van der Waals surface area (Å²) in [5.41, 5.74) is 3.42. The molecule has 0 saturated carbocycles. The lowest BCUT2D eigenvalue weighted by Gasteiger charge is -2.35. The van der Waals surface area contributed by atoms with Crippen LogP contribution in [0.2, 0.25) is 0 Å². The highest BCUT2D eigenvalue weighted by molar-refractivity contribution is 5.93. The largest absolute Gasteiger partial charge is 0.376 e. The predicted octanol–water partition coefficient (Wildman–Crippen LogP) is 3.25. The summed E-state index contributed by atoms with van der Waals surface area (Å²) in [5, 5.41) is 6.71. The number of likely N-dealkylation sites (tertiary alicyclic amines) is 1. The first-order valence-electron chi connectivity index (χ1n) is 10.9. The normalized spacial score (nSPS) is 20.8. The Morgan fingerprint density at radius 2 is 2.07 bits per heavy atom. The molecule has 156 valence electrons. The Labute approximate surface area is 173 Å². The summed E-state index contributed by atoms with van der Waals surface area (Å²) in [7, 11) is 0. The van der Waals surface area contributed by atoms with Gasteiger partial charge in [0.2, 0.25) is 0 Å². The first-order valence-corrected chi connectivity index (χ1v) is 10.9. The lowest BCUT2D eigenvalue weighted by atomic mass is 9.95. The van der Waals surface area contributed by atoms with Crippen molar-refractivity contribution in [2.75, 3.05) is 32.8 Å². The molecule has 1 aromatic heterocycles. The van der Waals surface area contributed by atoms with E-state index < -0.39 is 0 Å². The summed E-state index contributed by atoms with van der Waals surface area (Å²) in [6.07, 6.45) is 7.89. The number of nitrogens with one attached hydrogen (secondary N) is 1. The molecule has 6 heteroatoms. The smallest absolute Gasteiger partial charge is 0.257 e. The second-order valence-corrected chi connectivity index (χ2v) is 8.48. The van der Waals surface area contributed by atoms with E-state index in [1.165, 1.54) is 11.1 Å². The molecule has 0 unspecified atom stereocenters. The van der Waals surface area contributed by atoms with Gasteiger partial charge in [0.1, 0.15) is 0 Å². The van der Waals surface area contributed by atoms with Gasteiger partial charge in [-0.05, 0) is 62.7 Å². The van der Waals surface area contributed by atoms with Gasteiger partial charge in [0.25, 0.3) is 5.91 Å². The second kappa shape index (κ2) is 9.55. The fourth-order valence-electron chi connectivity index (χ4n) is 4.49. The Bertz CT molecular complexity index is 778. The molecule has 2 aliphatic rings. The molecule has 4 rings (SSSR count). The number of piperidine rings is 1. The number of carbonyl (C=O) groups excluding carboxylic acids is 1. The predicted molar refractivity (Wildman–Crippen MR) is 113 cm³/mol. The standard InChI is InChI=1S/C23H32N4O2/c1-18-5-2-3-6-20(18)16-26-10-8-19(9-11-26)15-27(17-22-7-4-12-29-22)23(28)21-13-24-25-14-21/h2-3,5-6,13-14,19,22H,4,7-12,15-17H2,1H3,(H,24,25)/t22-/m0/s1. The Balaban J connectivity index is 1.33. The average molecular weight is 397 g/mol. The van der Waals surface area contributed by atoms with Crippen molar-refractivity contribution in [2.45, 2.75) is 45.3 Å². The van der Waals surface area contributed by atoms with E-state index in [-0.39, 0.29) is 12.0 Å². The highest BCUT2D eigenvalue weighted by Crippen LogP contribution is 2.23. The third kappa shape index (κ3) is 5.25. The Kier molecular flexibility index (Phi) is 6.62. The number of aryl methyl sites for hydroxylation is 1. The van der Waals surface area contributed by atoms with Crippen molar-refractivity contribution in [3.05, 3.63) is 53.3 Å². The number of aromatic nitrogens is 2. The highest BCUT2D eigenvalue weighted by Gasteiger charge is 2.28. The molecule has 29 heavy (non-hydrogen) atoms. The van der Waals surface area contributed by atoms with Crippen LogP contribution in [0.1, 0.15) is 47.2 Å². The highest BCUT2D eigenvalue weighted by atomic mass is 16.5. The van der Waals surface area contributed by atoms with Crippen molar-refractivity contribution in [1.82, 2.24) is 20.0 Å². The summed E-state index contributed by atoms with van der Waals surface area (Å²) in [5.74, 6) is 0.608. The number of carbonyl (C=O) groups is 1. The van der Waals surface area contributed by atoms with Crippen LogP contribution in [0, 0.1) is 12.8 Å². The maximum atomic E-state index is 13.0. The Hall–Kier alpha value is -2.18. The van der Waals surface area contributed by atoms with Gasteiger partial charge in [-0.2, -0.15) is 5.10 Å². The van der Waals surface area contributed by atoms with Crippen LogP contribution < -0.4 is 0 Å². The first kappa shape index (κ1) is 20.1. The number of ether oxygens (including phenoxy) is 1. The molecule has 6 nitrogen and oxygen atoms in total. The van der Waals surface area contributed by atoms with E-state index in [0.717, 1.165) is 58.5 Å².